The number of carbonyl (C=O) groups is 1. The van der Waals surface area contributed by atoms with Crippen LogP contribution in [0.1, 0.15) is 21.6 Å². The number of nitrogens with zero attached hydrogens (tertiary/aromatic N) is 2. The number of amides is 1. The highest BCUT2D eigenvalue weighted by Gasteiger charge is 2.11. The van der Waals surface area contributed by atoms with E-state index in [2.05, 4.69) is 26.5 Å². The predicted octanol–water partition coefficient (Wildman–Crippen LogP) is 4.32. The average molecular weight is 412 g/mol. The van der Waals surface area contributed by atoms with Crippen LogP contribution in [-0.2, 0) is 0 Å². The summed E-state index contributed by atoms with van der Waals surface area (Å²) >= 11 is 3.43. The molecule has 0 fully saturated rings. The van der Waals surface area contributed by atoms with Crippen LogP contribution in [0.15, 0.2) is 70.4 Å². The minimum atomic E-state index is -0.320. The van der Waals surface area contributed by atoms with Crippen molar-refractivity contribution in [2.45, 2.75) is 6.92 Å². The summed E-state index contributed by atoms with van der Waals surface area (Å²) in [5.74, 6) is 0.204. The van der Waals surface area contributed by atoms with Gasteiger partial charge in [-0.25, -0.2) is 5.43 Å². The summed E-state index contributed by atoms with van der Waals surface area (Å²) in [5, 5.41) is 4.08. The topological polar surface area (TPSA) is 55.6 Å². The maximum Gasteiger partial charge on any atom is 0.275 e. The Labute approximate surface area is 160 Å². The molecule has 0 aliphatic carbocycles. The third-order valence-corrected chi connectivity index (χ3v) is 4.38. The smallest absolute Gasteiger partial charge is 0.275 e. The highest BCUT2D eigenvalue weighted by molar-refractivity contribution is 9.10. The number of aromatic nitrogens is 1. The van der Waals surface area contributed by atoms with E-state index >= 15 is 0 Å². The zero-order valence-electron chi connectivity index (χ0n) is 14.4. The van der Waals surface area contributed by atoms with E-state index in [0.29, 0.717) is 11.3 Å². The Morgan fingerprint density at radius 2 is 1.96 bits per heavy atom. The number of benzene rings is 2. The second-order valence-electron chi connectivity index (χ2n) is 5.68. The molecule has 0 saturated carbocycles. The van der Waals surface area contributed by atoms with Gasteiger partial charge in [-0.1, -0.05) is 22.0 Å². The van der Waals surface area contributed by atoms with E-state index in [1.54, 1.807) is 19.4 Å². The zero-order chi connectivity index (χ0) is 18.5. The fourth-order valence-corrected chi connectivity index (χ4v) is 2.80. The molecule has 0 bridgehead atoms. The molecule has 1 amide bonds. The Balaban J connectivity index is 1.75. The van der Waals surface area contributed by atoms with Gasteiger partial charge in [0.05, 0.1) is 24.6 Å². The van der Waals surface area contributed by atoms with Crippen molar-refractivity contribution in [3.63, 3.8) is 0 Å². The van der Waals surface area contributed by atoms with Gasteiger partial charge >= 0.3 is 0 Å². The Morgan fingerprint density at radius 3 is 2.69 bits per heavy atom. The van der Waals surface area contributed by atoms with Crippen molar-refractivity contribution in [1.29, 1.82) is 0 Å². The number of halogens is 1. The number of nitrogens with one attached hydrogen (secondary N) is 1. The van der Waals surface area contributed by atoms with E-state index in [1.807, 2.05) is 66.2 Å². The van der Waals surface area contributed by atoms with Gasteiger partial charge in [0.2, 0.25) is 0 Å². The summed E-state index contributed by atoms with van der Waals surface area (Å²) in [5.41, 5.74) is 5.87. The summed E-state index contributed by atoms with van der Waals surface area (Å²) < 4.78 is 8.26. The Morgan fingerprint density at radius 1 is 1.19 bits per heavy atom. The number of carbonyl (C=O) groups excluding carboxylic acids is 1. The van der Waals surface area contributed by atoms with Gasteiger partial charge in [0.25, 0.3) is 5.91 Å². The van der Waals surface area contributed by atoms with Crippen molar-refractivity contribution in [3.8, 4) is 11.4 Å². The molecule has 0 radical (unpaired) electrons. The van der Waals surface area contributed by atoms with Crippen LogP contribution in [0.25, 0.3) is 5.69 Å². The largest absolute Gasteiger partial charge is 0.496 e. The van der Waals surface area contributed by atoms with E-state index in [9.17, 15) is 4.79 Å². The molecule has 6 heteroatoms. The average Bonchev–Trinajstić information content (AvgIpc) is 3.10. The van der Waals surface area contributed by atoms with Crippen molar-refractivity contribution < 1.29 is 9.53 Å². The monoisotopic (exact) mass is 411 g/mol. The van der Waals surface area contributed by atoms with E-state index in [4.69, 9.17) is 4.74 Å². The number of ether oxygens (including phenoxy) is 1. The summed E-state index contributed by atoms with van der Waals surface area (Å²) in [6.07, 6.45) is 3.55. The molecular weight excluding hydrogens is 394 g/mol. The maximum atomic E-state index is 12.3. The van der Waals surface area contributed by atoms with Crippen LogP contribution in [0.2, 0.25) is 0 Å². The lowest BCUT2D eigenvalue weighted by molar-refractivity contribution is 0.0952. The normalized spacial score (nSPS) is 10.9. The second kappa shape index (κ2) is 8.01. The van der Waals surface area contributed by atoms with Crippen LogP contribution in [0, 0.1) is 6.92 Å². The third-order valence-electron chi connectivity index (χ3n) is 3.85. The Kier molecular flexibility index (Phi) is 5.53. The zero-order valence-corrected chi connectivity index (χ0v) is 16.0. The van der Waals surface area contributed by atoms with Crippen LogP contribution in [-0.4, -0.2) is 23.8 Å². The molecule has 0 unspecified atom stereocenters. The van der Waals surface area contributed by atoms with Gasteiger partial charge < -0.3 is 9.30 Å². The lowest BCUT2D eigenvalue weighted by atomic mass is 10.1. The molecular formula is C20H18BrN3O2. The lowest BCUT2D eigenvalue weighted by Crippen LogP contribution is -2.18. The quantitative estimate of drug-likeness (QED) is 0.501. The molecule has 1 heterocycles. The molecule has 3 aromatic rings. The molecule has 1 N–H and O–H groups in total. The maximum absolute atomic E-state index is 12.3. The third kappa shape index (κ3) is 4.03. The summed E-state index contributed by atoms with van der Waals surface area (Å²) in [6.45, 7) is 1.94. The SMILES string of the molecule is COc1cc(C)ccc1C(=O)N/N=C\c1cccn1-c1ccc(Br)cc1. The fraction of sp³-hybridized carbons (Fsp3) is 0.100. The molecule has 1 aromatic heterocycles. The van der Waals surface area contributed by atoms with Crippen LogP contribution < -0.4 is 10.2 Å². The number of hydrogen-bond acceptors (Lipinski definition) is 3. The predicted molar refractivity (Wildman–Crippen MR) is 106 cm³/mol. The standard InChI is InChI=1S/C20H18BrN3O2/c1-14-5-10-18(19(12-14)26-2)20(25)23-22-13-17-4-3-11-24(17)16-8-6-15(21)7-9-16/h3-13H,1-2H3,(H,23,25)/b22-13-. The van der Waals surface area contributed by atoms with E-state index in [-0.39, 0.29) is 5.91 Å². The summed E-state index contributed by atoms with van der Waals surface area (Å²) in [4.78, 5) is 12.3. The van der Waals surface area contributed by atoms with Crippen LogP contribution in [0.4, 0.5) is 0 Å². The Bertz CT molecular complexity index is 946. The molecule has 0 atom stereocenters. The number of rotatable bonds is 5. The van der Waals surface area contributed by atoms with Gasteiger partial charge in [0.1, 0.15) is 5.75 Å². The van der Waals surface area contributed by atoms with Gasteiger partial charge in [-0.2, -0.15) is 5.10 Å². The molecule has 26 heavy (non-hydrogen) atoms. The molecule has 0 aliphatic heterocycles. The van der Waals surface area contributed by atoms with E-state index in [1.165, 1.54) is 0 Å². The number of hydrogen-bond donors (Lipinski definition) is 1. The number of aryl methyl sites for hydroxylation is 1. The minimum Gasteiger partial charge on any atom is -0.496 e. The molecule has 3 rings (SSSR count). The first kappa shape index (κ1) is 17.9. The van der Waals surface area contributed by atoms with Crippen molar-refractivity contribution in [3.05, 3.63) is 82.1 Å². The number of methoxy groups -OCH3 is 1. The van der Waals surface area contributed by atoms with Gasteiger partial charge in [-0.15, -0.1) is 0 Å². The van der Waals surface area contributed by atoms with Gasteiger partial charge in [-0.3, -0.25) is 4.79 Å². The van der Waals surface area contributed by atoms with Gasteiger partial charge in [0.15, 0.2) is 0 Å². The van der Waals surface area contributed by atoms with Crippen molar-refractivity contribution in [2.24, 2.45) is 5.10 Å². The van der Waals surface area contributed by atoms with Crippen LogP contribution >= 0.6 is 15.9 Å². The van der Waals surface area contributed by atoms with Crippen LogP contribution in [0.3, 0.4) is 0 Å². The van der Waals surface area contributed by atoms with Crippen LogP contribution in [0.5, 0.6) is 5.75 Å². The van der Waals surface area contributed by atoms with Gasteiger partial charge in [0, 0.05) is 16.4 Å². The van der Waals surface area contributed by atoms with E-state index < -0.39 is 0 Å². The Hall–Kier alpha value is -2.86. The highest BCUT2D eigenvalue weighted by atomic mass is 79.9. The first-order chi connectivity index (χ1) is 12.6. The molecule has 0 spiro atoms. The molecule has 5 nitrogen and oxygen atoms in total. The van der Waals surface area contributed by atoms with E-state index in [0.717, 1.165) is 21.4 Å². The molecule has 132 valence electrons. The van der Waals surface area contributed by atoms with Crippen molar-refractivity contribution in [2.75, 3.05) is 7.11 Å². The summed E-state index contributed by atoms with van der Waals surface area (Å²) in [6, 6.07) is 17.2. The number of hydrazone groups is 1. The fourth-order valence-electron chi connectivity index (χ4n) is 2.54. The first-order valence-electron chi connectivity index (χ1n) is 8.00. The summed E-state index contributed by atoms with van der Waals surface area (Å²) in [7, 11) is 1.54. The second-order valence-corrected chi connectivity index (χ2v) is 6.60. The molecule has 2 aromatic carbocycles. The van der Waals surface area contributed by atoms with Crippen molar-refractivity contribution in [1.82, 2.24) is 9.99 Å². The molecule has 0 aliphatic rings. The molecule has 0 saturated heterocycles. The minimum absolute atomic E-state index is 0.320. The highest BCUT2D eigenvalue weighted by Crippen LogP contribution is 2.20. The lowest BCUT2D eigenvalue weighted by Gasteiger charge is -2.08. The van der Waals surface area contributed by atoms with Crippen molar-refractivity contribution >= 4 is 28.1 Å². The first-order valence-corrected chi connectivity index (χ1v) is 8.79. The van der Waals surface area contributed by atoms with Gasteiger partial charge in [-0.05, 0) is 61.0 Å².